The van der Waals surface area contributed by atoms with Gasteiger partial charge in [0, 0.05) is 47.9 Å². The second kappa shape index (κ2) is 9.67. The highest BCUT2D eigenvalue weighted by atomic mass is 35.5. The van der Waals surface area contributed by atoms with Crippen molar-refractivity contribution < 1.29 is 19.0 Å². The molecule has 0 N–H and O–H groups in total. The predicted octanol–water partition coefficient (Wildman–Crippen LogP) is 4.63. The quantitative estimate of drug-likeness (QED) is 0.168. The first kappa shape index (κ1) is 24.5. The predicted molar refractivity (Wildman–Crippen MR) is 132 cm³/mol. The Hall–Kier alpha value is -3.24. The van der Waals surface area contributed by atoms with E-state index < -0.39 is 5.97 Å². The van der Waals surface area contributed by atoms with E-state index in [9.17, 15) is 14.9 Å². The van der Waals surface area contributed by atoms with Gasteiger partial charge in [0.05, 0.1) is 18.0 Å². The van der Waals surface area contributed by atoms with Crippen LogP contribution in [0.15, 0.2) is 28.8 Å². The first-order valence-corrected chi connectivity index (χ1v) is 12.4. The van der Waals surface area contributed by atoms with Crippen LogP contribution in [-0.2, 0) is 17.6 Å². The summed E-state index contributed by atoms with van der Waals surface area (Å²) in [6.07, 6.45) is 2.91. The van der Waals surface area contributed by atoms with E-state index in [-0.39, 0.29) is 41.8 Å². The highest BCUT2D eigenvalue weighted by Crippen LogP contribution is 2.54. The van der Waals surface area contributed by atoms with Gasteiger partial charge in [-0.1, -0.05) is 34.4 Å². The third-order valence-electron chi connectivity index (χ3n) is 6.51. The van der Waals surface area contributed by atoms with E-state index in [1.807, 2.05) is 6.07 Å². The van der Waals surface area contributed by atoms with E-state index >= 15 is 0 Å². The van der Waals surface area contributed by atoms with Crippen molar-refractivity contribution in [3.05, 3.63) is 67.3 Å². The molecule has 0 unspecified atom stereocenters. The lowest BCUT2D eigenvalue weighted by atomic mass is 9.95. The van der Waals surface area contributed by atoms with E-state index in [1.54, 1.807) is 19.1 Å². The monoisotopic (exact) mass is 531 g/mol. The molecule has 0 radical (unpaired) electrons. The Morgan fingerprint density at radius 1 is 1.19 bits per heavy atom. The zero-order valence-electron chi connectivity index (χ0n) is 19.5. The number of pyridine rings is 2. The van der Waals surface area contributed by atoms with Crippen LogP contribution in [0.4, 0.5) is 5.82 Å². The van der Waals surface area contributed by atoms with Crippen molar-refractivity contribution in [1.29, 1.82) is 0 Å². The van der Waals surface area contributed by atoms with Crippen LogP contribution in [-0.4, -0.2) is 52.3 Å². The number of anilines is 1. The zero-order valence-corrected chi connectivity index (χ0v) is 21.0. The van der Waals surface area contributed by atoms with Crippen molar-refractivity contribution in [2.75, 3.05) is 31.1 Å². The summed E-state index contributed by atoms with van der Waals surface area (Å²) in [5, 5.41) is 15.3. The molecule has 36 heavy (non-hydrogen) atoms. The van der Waals surface area contributed by atoms with Crippen LogP contribution in [0, 0.1) is 15.5 Å². The number of hydrogen-bond donors (Lipinski definition) is 0. The Labute approximate surface area is 216 Å². The molecule has 4 heterocycles. The number of esters is 1. The summed E-state index contributed by atoms with van der Waals surface area (Å²) in [5.41, 5.74) is 3.52. The smallest absolute Gasteiger partial charge is 0.377 e. The molecule has 1 aliphatic carbocycles. The van der Waals surface area contributed by atoms with Crippen LogP contribution >= 0.6 is 23.2 Å². The van der Waals surface area contributed by atoms with Crippen LogP contribution in [0.1, 0.15) is 47.1 Å². The van der Waals surface area contributed by atoms with E-state index in [2.05, 4.69) is 15.0 Å². The van der Waals surface area contributed by atoms with Gasteiger partial charge in [-0.3, -0.25) is 10.1 Å². The van der Waals surface area contributed by atoms with Gasteiger partial charge >= 0.3 is 5.97 Å². The maximum absolute atomic E-state index is 11.9. The third kappa shape index (κ3) is 5.01. The molecule has 188 valence electrons. The molecule has 2 aliphatic rings. The summed E-state index contributed by atoms with van der Waals surface area (Å²) in [6, 6.07) is 6.97. The molecule has 12 heteroatoms. The number of nitro groups is 1. The molecule has 3 aromatic rings. The van der Waals surface area contributed by atoms with Crippen molar-refractivity contribution in [1.82, 2.24) is 15.1 Å². The third-order valence-corrected chi connectivity index (χ3v) is 7.16. The van der Waals surface area contributed by atoms with Gasteiger partial charge in [0.2, 0.25) is 12.3 Å². The lowest BCUT2D eigenvalue weighted by Crippen LogP contribution is -2.49. The number of hydrogen-bond acceptors (Lipinski definition) is 9. The van der Waals surface area contributed by atoms with Crippen molar-refractivity contribution in [2.45, 2.75) is 32.6 Å². The SMILES string of the molecule is CCOC(=O)c1cc(Cc2cc(-c3ccc(CC[N+](=O)[O-])c(Cl)n3)c(N3CC4(CC4)C3)nc2Cl)no1. The molecule has 3 aromatic heterocycles. The fourth-order valence-corrected chi connectivity index (χ4v) is 4.83. The van der Waals surface area contributed by atoms with Gasteiger partial charge in [-0.15, -0.1) is 0 Å². The summed E-state index contributed by atoms with van der Waals surface area (Å²) in [5.74, 6) is 0.149. The van der Waals surface area contributed by atoms with Gasteiger partial charge in [0.1, 0.15) is 16.1 Å². The average molecular weight is 532 g/mol. The van der Waals surface area contributed by atoms with Crippen LogP contribution in [0.2, 0.25) is 10.3 Å². The van der Waals surface area contributed by atoms with Gasteiger partial charge < -0.3 is 14.2 Å². The van der Waals surface area contributed by atoms with E-state index in [0.29, 0.717) is 33.1 Å². The molecule has 1 saturated carbocycles. The molecular formula is C24H23Cl2N5O5. The van der Waals surface area contributed by atoms with Crippen LogP contribution in [0.3, 0.4) is 0 Å². The summed E-state index contributed by atoms with van der Waals surface area (Å²) in [7, 11) is 0. The number of carbonyl (C=O) groups is 1. The van der Waals surface area contributed by atoms with Gasteiger partial charge in [-0.25, -0.2) is 14.8 Å². The summed E-state index contributed by atoms with van der Waals surface area (Å²) in [4.78, 5) is 33.7. The second-order valence-electron chi connectivity index (χ2n) is 9.20. The van der Waals surface area contributed by atoms with Crippen molar-refractivity contribution in [3.63, 3.8) is 0 Å². The number of aromatic nitrogens is 3. The molecule has 1 aliphatic heterocycles. The summed E-state index contributed by atoms with van der Waals surface area (Å²) >= 11 is 13.0. The number of ether oxygens (including phenoxy) is 1. The molecule has 0 atom stereocenters. The normalized spacial score (nSPS) is 15.6. The van der Waals surface area contributed by atoms with Gasteiger partial charge in [-0.05, 0) is 43.0 Å². The largest absolute Gasteiger partial charge is 0.460 e. The molecule has 10 nitrogen and oxygen atoms in total. The molecular weight excluding hydrogens is 509 g/mol. The van der Waals surface area contributed by atoms with E-state index in [0.717, 1.165) is 24.5 Å². The molecule has 0 amide bonds. The van der Waals surface area contributed by atoms with E-state index in [1.165, 1.54) is 18.9 Å². The lowest BCUT2D eigenvalue weighted by molar-refractivity contribution is -0.479. The Kier molecular flexibility index (Phi) is 6.57. The number of rotatable bonds is 9. The minimum Gasteiger partial charge on any atom is -0.460 e. The van der Waals surface area contributed by atoms with Crippen LogP contribution in [0.25, 0.3) is 11.3 Å². The number of nitrogens with zero attached hydrogens (tertiary/aromatic N) is 5. The highest BCUT2D eigenvalue weighted by molar-refractivity contribution is 6.30. The standard InChI is InChI=1S/C24H23Cl2N5O5/c1-2-35-23(32)19-11-16(29-36-19)9-15-10-17(18-4-3-14(20(25)27-18)5-8-31(33)34)22(28-21(15)26)30-12-24(13-30)6-7-24/h3-4,10-11H,2,5-9,12-13H2,1H3. The first-order valence-electron chi connectivity index (χ1n) is 11.6. The number of carbonyl (C=O) groups excluding carboxylic acids is 1. The average Bonchev–Trinajstić information content (AvgIpc) is 3.49. The Balaban J connectivity index is 1.47. The zero-order chi connectivity index (χ0) is 25.4. The topological polar surface area (TPSA) is 124 Å². The second-order valence-corrected chi connectivity index (χ2v) is 9.91. The van der Waals surface area contributed by atoms with Crippen LogP contribution < -0.4 is 4.90 Å². The van der Waals surface area contributed by atoms with Crippen molar-refractivity contribution in [3.8, 4) is 11.3 Å². The summed E-state index contributed by atoms with van der Waals surface area (Å²) in [6.45, 7) is 3.53. The Bertz CT molecular complexity index is 1330. The molecule has 0 aromatic carbocycles. The maximum Gasteiger partial charge on any atom is 0.377 e. The van der Waals surface area contributed by atoms with Crippen molar-refractivity contribution in [2.24, 2.45) is 5.41 Å². The molecule has 5 rings (SSSR count). The number of halogens is 2. The molecule has 1 spiro atoms. The fraction of sp³-hybridized carbons (Fsp3) is 0.417. The minimum atomic E-state index is -0.584. The van der Waals surface area contributed by atoms with Crippen molar-refractivity contribution >= 4 is 35.0 Å². The van der Waals surface area contributed by atoms with Gasteiger partial charge in [0.15, 0.2) is 0 Å². The fourth-order valence-electron chi connectivity index (χ4n) is 4.38. The lowest BCUT2D eigenvalue weighted by Gasteiger charge is -2.42. The minimum absolute atomic E-state index is 0.0156. The van der Waals surface area contributed by atoms with Gasteiger partial charge in [0.25, 0.3) is 0 Å². The first-order chi connectivity index (χ1) is 17.3. The Morgan fingerprint density at radius 3 is 2.61 bits per heavy atom. The highest BCUT2D eigenvalue weighted by Gasteiger charge is 2.53. The van der Waals surface area contributed by atoms with Gasteiger partial charge in [-0.2, -0.15) is 0 Å². The molecule has 1 saturated heterocycles. The summed E-state index contributed by atoms with van der Waals surface area (Å²) < 4.78 is 10.1. The Morgan fingerprint density at radius 2 is 1.94 bits per heavy atom. The van der Waals surface area contributed by atoms with E-state index in [4.69, 9.17) is 37.4 Å². The molecule has 2 fully saturated rings. The molecule has 0 bridgehead atoms. The van der Waals surface area contributed by atoms with Crippen LogP contribution in [0.5, 0.6) is 0 Å². The maximum atomic E-state index is 11.9.